The molecule has 4 nitrogen and oxygen atoms in total. The average Bonchev–Trinajstić information content (AvgIpc) is 2.38. The van der Waals surface area contributed by atoms with E-state index >= 15 is 0 Å². The quantitative estimate of drug-likeness (QED) is 0.457. The Morgan fingerprint density at radius 3 is 2.94 bits per heavy atom. The molecule has 0 aliphatic carbocycles. The van der Waals surface area contributed by atoms with Gasteiger partial charge in [0.25, 0.3) is 5.91 Å². The number of anilines is 1. The van der Waals surface area contributed by atoms with Crippen molar-refractivity contribution < 1.29 is 9.53 Å². The minimum absolute atomic E-state index is 0.188. The van der Waals surface area contributed by atoms with E-state index in [1.54, 1.807) is 18.2 Å². The van der Waals surface area contributed by atoms with E-state index in [0.717, 1.165) is 19.3 Å². The van der Waals surface area contributed by atoms with Gasteiger partial charge in [0.1, 0.15) is 5.75 Å². The zero-order valence-electron chi connectivity index (χ0n) is 10.5. The summed E-state index contributed by atoms with van der Waals surface area (Å²) in [5.41, 5.74) is 6.63. The number of carbonyl (C=O) groups is 1. The number of nitrogens with one attached hydrogen (secondary N) is 1. The molecule has 1 amide bonds. The maximum Gasteiger partial charge on any atom is 0.253 e. The molecule has 0 aromatic heterocycles. The number of amides is 1. The zero-order chi connectivity index (χ0) is 13.4. The molecule has 0 saturated carbocycles. The van der Waals surface area contributed by atoms with Crippen LogP contribution in [0.3, 0.4) is 0 Å². The van der Waals surface area contributed by atoms with Crippen molar-refractivity contribution in [2.75, 3.05) is 19.4 Å². The number of terminal acetylenes is 1. The molecule has 4 heteroatoms. The van der Waals surface area contributed by atoms with Crippen LogP contribution in [0.15, 0.2) is 18.2 Å². The Morgan fingerprint density at radius 1 is 1.50 bits per heavy atom. The number of ether oxygens (including phenoxy) is 1. The van der Waals surface area contributed by atoms with E-state index in [-0.39, 0.29) is 5.91 Å². The Kier molecular flexibility index (Phi) is 5.59. The first-order valence-electron chi connectivity index (χ1n) is 5.84. The van der Waals surface area contributed by atoms with Crippen molar-refractivity contribution in [1.82, 2.24) is 5.32 Å². The monoisotopic (exact) mass is 246 g/mol. The number of benzene rings is 1. The van der Waals surface area contributed by atoms with E-state index in [4.69, 9.17) is 16.9 Å². The third kappa shape index (κ3) is 3.70. The molecule has 0 unspecified atom stereocenters. The lowest BCUT2D eigenvalue weighted by Crippen LogP contribution is -2.25. The van der Waals surface area contributed by atoms with E-state index in [1.807, 2.05) is 0 Å². The van der Waals surface area contributed by atoms with Gasteiger partial charge in [-0.05, 0) is 25.0 Å². The second kappa shape index (κ2) is 7.23. The van der Waals surface area contributed by atoms with Crippen LogP contribution in [0, 0.1) is 12.3 Å². The molecule has 0 saturated heterocycles. The van der Waals surface area contributed by atoms with Gasteiger partial charge in [0, 0.05) is 13.0 Å². The lowest BCUT2D eigenvalue weighted by Gasteiger charge is -2.10. The fourth-order valence-electron chi connectivity index (χ4n) is 1.57. The summed E-state index contributed by atoms with van der Waals surface area (Å²) < 4.78 is 5.07. The smallest absolute Gasteiger partial charge is 0.253 e. The Morgan fingerprint density at radius 2 is 2.28 bits per heavy atom. The van der Waals surface area contributed by atoms with Crippen molar-refractivity contribution in [2.24, 2.45) is 0 Å². The Hall–Kier alpha value is -2.15. The number of para-hydroxylation sites is 1. The predicted octanol–water partition coefficient (Wildman–Crippen LogP) is 1.81. The zero-order valence-corrected chi connectivity index (χ0v) is 10.5. The maximum absolute atomic E-state index is 11.9. The molecule has 0 aliphatic heterocycles. The molecule has 18 heavy (non-hydrogen) atoms. The lowest BCUT2D eigenvalue weighted by molar-refractivity contribution is 0.0953. The van der Waals surface area contributed by atoms with Gasteiger partial charge in [0.05, 0.1) is 18.4 Å². The van der Waals surface area contributed by atoms with Crippen LogP contribution in [0.5, 0.6) is 5.75 Å². The summed E-state index contributed by atoms with van der Waals surface area (Å²) in [5.74, 6) is 2.88. The van der Waals surface area contributed by atoms with Crippen molar-refractivity contribution >= 4 is 11.6 Å². The van der Waals surface area contributed by atoms with Gasteiger partial charge in [-0.1, -0.05) is 6.07 Å². The number of hydrogen-bond donors (Lipinski definition) is 2. The van der Waals surface area contributed by atoms with Gasteiger partial charge >= 0.3 is 0 Å². The second-order valence-electron chi connectivity index (χ2n) is 3.84. The molecule has 0 atom stereocenters. The molecular weight excluding hydrogens is 228 g/mol. The summed E-state index contributed by atoms with van der Waals surface area (Å²) in [4.78, 5) is 11.9. The fraction of sp³-hybridized carbons (Fsp3) is 0.357. The molecule has 96 valence electrons. The number of nitrogens with two attached hydrogens (primary N) is 1. The Balaban J connectivity index is 2.54. The third-order valence-corrected chi connectivity index (χ3v) is 2.56. The van der Waals surface area contributed by atoms with Crippen molar-refractivity contribution in [1.29, 1.82) is 0 Å². The number of methoxy groups -OCH3 is 1. The minimum Gasteiger partial charge on any atom is -0.495 e. The number of carbonyl (C=O) groups excluding carboxylic acids is 1. The first-order chi connectivity index (χ1) is 8.70. The summed E-state index contributed by atoms with van der Waals surface area (Å²) in [6.45, 7) is 0.594. The first-order valence-corrected chi connectivity index (χ1v) is 5.84. The van der Waals surface area contributed by atoms with Crippen LogP contribution in [-0.4, -0.2) is 19.6 Å². The topological polar surface area (TPSA) is 64.3 Å². The van der Waals surface area contributed by atoms with Crippen LogP contribution in [0.1, 0.15) is 29.6 Å². The highest BCUT2D eigenvalue weighted by atomic mass is 16.5. The van der Waals surface area contributed by atoms with Crippen LogP contribution >= 0.6 is 0 Å². The molecule has 0 fully saturated rings. The standard InChI is InChI=1S/C14H18N2O2/c1-3-4-5-6-10-16-14(17)11-8-7-9-12(18-2)13(11)15/h1,7-9H,4-6,10,15H2,2H3,(H,16,17). The number of hydrogen-bond acceptors (Lipinski definition) is 3. The molecule has 0 radical (unpaired) electrons. The summed E-state index contributed by atoms with van der Waals surface area (Å²) in [6, 6.07) is 5.14. The molecule has 1 aromatic rings. The van der Waals surface area contributed by atoms with E-state index < -0.39 is 0 Å². The summed E-state index contributed by atoms with van der Waals surface area (Å²) in [6.07, 6.45) is 7.65. The van der Waals surface area contributed by atoms with Gasteiger partial charge in [-0.15, -0.1) is 12.3 Å². The van der Waals surface area contributed by atoms with Gasteiger partial charge in [0.2, 0.25) is 0 Å². The normalized spacial score (nSPS) is 9.56. The summed E-state index contributed by atoms with van der Waals surface area (Å²) in [5, 5.41) is 2.81. The van der Waals surface area contributed by atoms with Crippen LogP contribution in [0.2, 0.25) is 0 Å². The lowest BCUT2D eigenvalue weighted by atomic mass is 10.1. The van der Waals surface area contributed by atoms with Crippen molar-refractivity contribution in [3.05, 3.63) is 23.8 Å². The summed E-state index contributed by atoms with van der Waals surface area (Å²) >= 11 is 0. The first kappa shape index (κ1) is 13.9. The van der Waals surface area contributed by atoms with Gasteiger partial charge in [-0.2, -0.15) is 0 Å². The summed E-state index contributed by atoms with van der Waals surface area (Å²) in [7, 11) is 1.52. The minimum atomic E-state index is -0.188. The average molecular weight is 246 g/mol. The van der Waals surface area contributed by atoms with E-state index in [9.17, 15) is 4.79 Å². The van der Waals surface area contributed by atoms with Gasteiger partial charge in [-0.3, -0.25) is 4.79 Å². The third-order valence-electron chi connectivity index (χ3n) is 2.56. The number of nitrogen functional groups attached to an aromatic ring is 1. The molecule has 0 heterocycles. The highest BCUT2D eigenvalue weighted by Crippen LogP contribution is 2.24. The SMILES string of the molecule is C#CCCCCNC(=O)c1cccc(OC)c1N. The van der Waals surface area contributed by atoms with Crippen LogP contribution in [0.25, 0.3) is 0 Å². The number of unbranched alkanes of at least 4 members (excludes halogenated alkanes) is 2. The van der Waals surface area contributed by atoms with E-state index in [1.165, 1.54) is 7.11 Å². The van der Waals surface area contributed by atoms with Crippen LogP contribution in [-0.2, 0) is 0 Å². The van der Waals surface area contributed by atoms with Crippen molar-refractivity contribution in [3.8, 4) is 18.1 Å². The van der Waals surface area contributed by atoms with Crippen LogP contribution < -0.4 is 15.8 Å². The molecule has 3 N–H and O–H groups in total. The highest BCUT2D eigenvalue weighted by Gasteiger charge is 2.11. The van der Waals surface area contributed by atoms with Gasteiger partial charge < -0.3 is 15.8 Å². The largest absolute Gasteiger partial charge is 0.495 e. The molecule has 0 spiro atoms. The molecule has 0 aliphatic rings. The van der Waals surface area contributed by atoms with Crippen molar-refractivity contribution in [2.45, 2.75) is 19.3 Å². The second-order valence-corrected chi connectivity index (χ2v) is 3.84. The maximum atomic E-state index is 11.9. The Bertz CT molecular complexity index is 450. The van der Waals surface area contributed by atoms with E-state index in [0.29, 0.717) is 23.5 Å². The fourth-order valence-corrected chi connectivity index (χ4v) is 1.57. The number of rotatable bonds is 6. The Labute approximate surface area is 108 Å². The molecule has 0 bridgehead atoms. The van der Waals surface area contributed by atoms with Gasteiger partial charge in [0.15, 0.2) is 0 Å². The predicted molar refractivity (Wildman–Crippen MR) is 72.4 cm³/mol. The van der Waals surface area contributed by atoms with E-state index in [2.05, 4.69) is 11.2 Å². The van der Waals surface area contributed by atoms with Crippen molar-refractivity contribution in [3.63, 3.8) is 0 Å². The van der Waals surface area contributed by atoms with Gasteiger partial charge in [-0.25, -0.2) is 0 Å². The molecule has 1 aromatic carbocycles. The molecule has 1 rings (SSSR count). The molecular formula is C14H18N2O2. The highest BCUT2D eigenvalue weighted by molar-refractivity contribution is 6.00. The van der Waals surface area contributed by atoms with Crippen LogP contribution in [0.4, 0.5) is 5.69 Å².